The van der Waals surface area contributed by atoms with Crippen LogP contribution in [0, 0.1) is 0 Å². The van der Waals surface area contributed by atoms with Crippen LogP contribution < -0.4 is 5.73 Å². The molecule has 2 aromatic heterocycles. The van der Waals surface area contributed by atoms with E-state index in [1.54, 1.807) is 17.4 Å². The summed E-state index contributed by atoms with van der Waals surface area (Å²) in [4.78, 5) is 14.4. The molecule has 0 saturated carbocycles. The Bertz CT molecular complexity index is 528. The van der Waals surface area contributed by atoms with E-state index in [1.807, 2.05) is 6.07 Å². The van der Waals surface area contributed by atoms with Gasteiger partial charge in [0.15, 0.2) is 0 Å². The van der Waals surface area contributed by atoms with Crippen LogP contribution in [-0.4, -0.2) is 11.1 Å². The minimum Gasteiger partial charge on any atom is -0.477 e. The lowest BCUT2D eigenvalue weighted by Gasteiger charge is -1.88. The normalized spacial score (nSPS) is 10.6. The topological polar surface area (TPSA) is 63.3 Å². The highest BCUT2D eigenvalue weighted by Gasteiger charge is 2.14. The molecule has 16 heavy (non-hydrogen) atoms. The monoisotopic (exact) mass is 253 g/mol. The van der Waals surface area contributed by atoms with Gasteiger partial charge in [0, 0.05) is 14.6 Å². The lowest BCUT2D eigenvalue weighted by molar-refractivity contribution is 0.0703. The fourth-order valence-electron chi connectivity index (χ4n) is 1.39. The van der Waals surface area contributed by atoms with Gasteiger partial charge in [-0.15, -0.1) is 22.7 Å². The Morgan fingerprint density at radius 3 is 2.62 bits per heavy atom. The number of carboxylic acid groups (broad SMARTS) is 1. The fraction of sp³-hybridized carbons (Fsp3) is 0.182. The van der Waals surface area contributed by atoms with Gasteiger partial charge in [0.2, 0.25) is 0 Å². The van der Waals surface area contributed by atoms with E-state index in [0.717, 1.165) is 16.2 Å². The second-order valence-corrected chi connectivity index (χ2v) is 5.54. The van der Waals surface area contributed by atoms with Gasteiger partial charge in [-0.25, -0.2) is 4.79 Å². The number of aryl methyl sites for hydroxylation is 1. The Labute approximate surface area is 101 Å². The maximum absolute atomic E-state index is 10.9. The molecule has 3 nitrogen and oxygen atoms in total. The maximum atomic E-state index is 10.9. The quantitative estimate of drug-likeness (QED) is 0.882. The van der Waals surface area contributed by atoms with Crippen molar-refractivity contribution in [2.75, 3.05) is 5.73 Å². The summed E-state index contributed by atoms with van der Waals surface area (Å²) in [5.74, 6) is -0.957. The van der Waals surface area contributed by atoms with E-state index in [9.17, 15) is 4.79 Å². The summed E-state index contributed by atoms with van der Waals surface area (Å²) in [6.45, 7) is 2.10. The van der Waals surface area contributed by atoms with E-state index >= 15 is 0 Å². The minimum atomic E-state index is -0.957. The number of hydrogen-bond donors (Lipinski definition) is 2. The predicted octanol–water partition coefficient (Wildman–Crippen LogP) is 3.32. The Morgan fingerprint density at radius 2 is 2.12 bits per heavy atom. The van der Waals surface area contributed by atoms with Crippen LogP contribution in [0.3, 0.4) is 0 Å². The van der Waals surface area contributed by atoms with Crippen LogP contribution in [-0.2, 0) is 6.42 Å². The zero-order valence-electron chi connectivity index (χ0n) is 8.69. The second-order valence-electron chi connectivity index (χ2n) is 3.32. The smallest absolute Gasteiger partial charge is 0.348 e. The van der Waals surface area contributed by atoms with Crippen LogP contribution in [0.4, 0.5) is 5.69 Å². The highest BCUT2D eigenvalue weighted by atomic mass is 32.1. The number of hydrogen-bond acceptors (Lipinski definition) is 4. The fourth-order valence-corrected chi connectivity index (χ4v) is 3.34. The third-order valence-electron chi connectivity index (χ3n) is 2.21. The largest absolute Gasteiger partial charge is 0.477 e. The standard InChI is InChI=1S/C11H11NO2S2/c1-2-6-3-4-8(15-6)9-5-7(12)10(16-9)11(13)14/h3-5H,2,12H2,1H3,(H,13,14). The van der Waals surface area contributed by atoms with Crippen LogP contribution in [0.15, 0.2) is 18.2 Å². The first-order valence-electron chi connectivity index (χ1n) is 4.83. The Hall–Kier alpha value is -1.33. The molecule has 0 amide bonds. The second kappa shape index (κ2) is 4.27. The minimum absolute atomic E-state index is 0.224. The molecule has 84 valence electrons. The molecule has 0 bridgehead atoms. The highest BCUT2D eigenvalue weighted by Crippen LogP contribution is 2.37. The van der Waals surface area contributed by atoms with Crippen molar-refractivity contribution in [1.29, 1.82) is 0 Å². The molecule has 2 aromatic rings. The Morgan fingerprint density at radius 1 is 1.38 bits per heavy atom. The van der Waals surface area contributed by atoms with E-state index in [4.69, 9.17) is 10.8 Å². The van der Waals surface area contributed by atoms with Crippen molar-refractivity contribution < 1.29 is 9.90 Å². The molecule has 0 aliphatic carbocycles. The third-order valence-corrected chi connectivity index (χ3v) is 4.77. The van der Waals surface area contributed by atoms with Gasteiger partial charge >= 0.3 is 5.97 Å². The number of nitrogens with two attached hydrogens (primary N) is 1. The lowest BCUT2D eigenvalue weighted by Crippen LogP contribution is -1.96. The zero-order chi connectivity index (χ0) is 11.7. The molecule has 0 spiro atoms. The number of carboxylic acids is 1. The first kappa shape index (κ1) is 11.2. The molecule has 0 atom stereocenters. The van der Waals surface area contributed by atoms with E-state index in [-0.39, 0.29) is 4.88 Å². The first-order valence-corrected chi connectivity index (χ1v) is 6.46. The van der Waals surface area contributed by atoms with Gasteiger partial charge in [-0.05, 0) is 24.6 Å². The first-order chi connectivity index (χ1) is 7.61. The molecular formula is C11H11NO2S2. The predicted molar refractivity (Wildman–Crippen MR) is 68.4 cm³/mol. The van der Waals surface area contributed by atoms with Crippen LogP contribution >= 0.6 is 22.7 Å². The lowest BCUT2D eigenvalue weighted by atomic mass is 10.3. The van der Waals surface area contributed by atoms with Gasteiger partial charge in [0.1, 0.15) is 4.88 Å². The van der Waals surface area contributed by atoms with Gasteiger partial charge in [-0.1, -0.05) is 6.92 Å². The number of nitrogen functional groups attached to an aromatic ring is 1. The summed E-state index contributed by atoms with van der Waals surface area (Å²) in [6.07, 6.45) is 0.997. The zero-order valence-corrected chi connectivity index (χ0v) is 10.3. The van der Waals surface area contributed by atoms with Gasteiger partial charge in [0.25, 0.3) is 0 Å². The molecule has 0 radical (unpaired) electrons. The van der Waals surface area contributed by atoms with Crippen molar-refractivity contribution in [1.82, 2.24) is 0 Å². The molecule has 2 rings (SSSR count). The number of thiophene rings is 2. The summed E-state index contributed by atoms with van der Waals surface area (Å²) in [6, 6.07) is 5.82. The number of carbonyl (C=O) groups is 1. The van der Waals surface area contributed by atoms with Crippen molar-refractivity contribution in [2.45, 2.75) is 13.3 Å². The highest BCUT2D eigenvalue weighted by molar-refractivity contribution is 7.23. The maximum Gasteiger partial charge on any atom is 0.348 e. The average Bonchev–Trinajstić information content (AvgIpc) is 2.83. The van der Waals surface area contributed by atoms with Crippen molar-refractivity contribution in [2.24, 2.45) is 0 Å². The number of anilines is 1. The summed E-state index contributed by atoms with van der Waals surface area (Å²) in [7, 11) is 0. The number of rotatable bonds is 3. The molecule has 0 aromatic carbocycles. The van der Waals surface area contributed by atoms with Gasteiger partial charge in [0.05, 0.1) is 5.69 Å². The SMILES string of the molecule is CCc1ccc(-c2cc(N)c(C(=O)O)s2)s1. The molecule has 0 unspecified atom stereocenters. The molecule has 0 aliphatic heterocycles. The average molecular weight is 253 g/mol. The molecule has 0 fully saturated rings. The van der Waals surface area contributed by atoms with E-state index in [2.05, 4.69) is 13.0 Å². The van der Waals surface area contributed by atoms with Crippen LogP contribution in [0.2, 0.25) is 0 Å². The van der Waals surface area contributed by atoms with E-state index in [0.29, 0.717) is 5.69 Å². The van der Waals surface area contributed by atoms with Crippen LogP contribution in [0.5, 0.6) is 0 Å². The molecule has 5 heteroatoms. The summed E-state index contributed by atoms with van der Waals surface area (Å²) >= 11 is 2.91. The third kappa shape index (κ3) is 1.96. The van der Waals surface area contributed by atoms with E-state index in [1.165, 1.54) is 16.2 Å². The van der Waals surface area contributed by atoms with Gasteiger partial charge in [-0.2, -0.15) is 0 Å². The van der Waals surface area contributed by atoms with Crippen molar-refractivity contribution in [3.05, 3.63) is 28.0 Å². The van der Waals surface area contributed by atoms with E-state index < -0.39 is 5.97 Å². The number of aromatic carboxylic acids is 1. The van der Waals surface area contributed by atoms with Crippen LogP contribution in [0.25, 0.3) is 9.75 Å². The molecule has 3 N–H and O–H groups in total. The Kier molecular flexibility index (Phi) is 2.98. The Balaban J connectivity index is 2.41. The summed E-state index contributed by atoms with van der Waals surface area (Å²) < 4.78 is 0. The summed E-state index contributed by atoms with van der Waals surface area (Å²) in [5, 5.41) is 8.91. The van der Waals surface area contributed by atoms with Crippen molar-refractivity contribution >= 4 is 34.3 Å². The molecule has 2 heterocycles. The molecule has 0 aliphatic rings. The van der Waals surface area contributed by atoms with Crippen molar-refractivity contribution in [3.8, 4) is 9.75 Å². The van der Waals surface area contributed by atoms with Crippen molar-refractivity contribution in [3.63, 3.8) is 0 Å². The van der Waals surface area contributed by atoms with Crippen LogP contribution in [0.1, 0.15) is 21.5 Å². The molecule has 0 saturated heterocycles. The summed E-state index contributed by atoms with van der Waals surface area (Å²) in [5.41, 5.74) is 6.00. The molecular weight excluding hydrogens is 242 g/mol. The van der Waals surface area contributed by atoms with Gasteiger partial charge < -0.3 is 10.8 Å². The van der Waals surface area contributed by atoms with Gasteiger partial charge in [-0.3, -0.25) is 0 Å².